The summed E-state index contributed by atoms with van der Waals surface area (Å²) in [5, 5.41) is 18.1. The minimum atomic E-state index is -0.500. The van der Waals surface area contributed by atoms with E-state index in [9.17, 15) is 0 Å². The van der Waals surface area contributed by atoms with Gasteiger partial charge in [0.1, 0.15) is 0 Å². The molecule has 0 bridgehead atoms. The van der Waals surface area contributed by atoms with Crippen LogP contribution in [-0.4, -0.2) is 33.4 Å². The Kier molecular flexibility index (Phi) is 1.80. The van der Waals surface area contributed by atoms with E-state index >= 15 is 0 Å². The molecule has 0 amide bonds. The molecule has 0 aromatic rings. The van der Waals surface area contributed by atoms with E-state index in [1.54, 1.807) is 11.8 Å². The van der Waals surface area contributed by atoms with Gasteiger partial charge in [-0.25, -0.2) is 0 Å². The van der Waals surface area contributed by atoms with Crippen LogP contribution < -0.4 is 0 Å². The van der Waals surface area contributed by atoms with Crippen LogP contribution in [-0.2, 0) is 0 Å². The van der Waals surface area contributed by atoms with Crippen LogP contribution in [0.5, 0.6) is 0 Å². The van der Waals surface area contributed by atoms with Crippen molar-refractivity contribution in [2.45, 2.75) is 24.4 Å². The van der Waals surface area contributed by atoms with Crippen molar-refractivity contribution in [1.82, 2.24) is 0 Å². The zero-order chi connectivity index (χ0) is 6.15. The van der Waals surface area contributed by atoms with Crippen LogP contribution in [0, 0.1) is 0 Å². The van der Waals surface area contributed by atoms with Crippen LogP contribution in [0.15, 0.2) is 0 Å². The van der Waals surface area contributed by atoms with E-state index in [-0.39, 0.29) is 5.25 Å². The first kappa shape index (κ1) is 6.39. The fraction of sp³-hybridized carbons (Fsp3) is 1.00. The molecule has 8 heavy (non-hydrogen) atoms. The summed E-state index contributed by atoms with van der Waals surface area (Å²) in [4.78, 5) is 0. The molecule has 3 atom stereocenters. The monoisotopic (exact) mass is 134 g/mol. The van der Waals surface area contributed by atoms with E-state index in [0.717, 1.165) is 0 Å². The summed E-state index contributed by atoms with van der Waals surface area (Å²) in [6.07, 6.45) is -0.991. The molecular weight excluding hydrogens is 124 g/mol. The van der Waals surface area contributed by atoms with E-state index < -0.39 is 12.2 Å². The van der Waals surface area contributed by atoms with Gasteiger partial charge in [0.2, 0.25) is 0 Å². The molecule has 2 nitrogen and oxygen atoms in total. The van der Waals surface area contributed by atoms with Gasteiger partial charge in [0, 0.05) is 11.0 Å². The molecular formula is C5H10O2S. The molecule has 2 N–H and O–H groups in total. The number of aliphatic hydroxyl groups is 2. The topological polar surface area (TPSA) is 40.5 Å². The van der Waals surface area contributed by atoms with Crippen LogP contribution >= 0.6 is 11.8 Å². The summed E-state index contributed by atoms with van der Waals surface area (Å²) < 4.78 is 0. The van der Waals surface area contributed by atoms with Gasteiger partial charge in [0.05, 0.1) is 12.2 Å². The second kappa shape index (κ2) is 2.25. The number of rotatable bonds is 0. The predicted octanol–water partition coefficient (Wildman–Crippen LogP) is -0.157. The minimum Gasteiger partial charge on any atom is -0.390 e. The number of aliphatic hydroxyl groups excluding tert-OH is 2. The van der Waals surface area contributed by atoms with Crippen molar-refractivity contribution >= 4 is 11.8 Å². The maximum atomic E-state index is 9.00. The fourth-order valence-electron chi connectivity index (χ4n) is 0.760. The van der Waals surface area contributed by atoms with Crippen molar-refractivity contribution in [3.8, 4) is 0 Å². The molecule has 0 aromatic carbocycles. The third-order valence-electron chi connectivity index (χ3n) is 1.41. The van der Waals surface area contributed by atoms with Crippen LogP contribution in [0.2, 0.25) is 0 Å². The molecule has 2 unspecified atom stereocenters. The minimum absolute atomic E-state index is 0.213. The Morgan fingerprint density at radius 2 is 2.12 bits per heavy atom. The lowest BCUT2D eigenvalue weighted by atomic mass is 10.2. The molecule has 1 rings (SSSR count). The smallest absolute Gasteiger partial charge is 0.0922 e. The Labute approximate surface area is 52.9 Å². The van der Waals surface area contributed by atoms with Crippen LogP contribution in [0.3, 0.4) is 0 Å². The van der Waals surface area contributed by atoms with Gasteiger partial charge in [-0.15, -0.1) is 0 Å². The quantitative estimate of drug-likeness (QED) is 0.484. The Hall–Kier alpha value is 0.270. The van der Waals surface area contributed by atoms with Crippen LogP contribution in [0.25, 0.3) is 0 Å². The number of hydrogen-bond acceptors (Lipinski definition) is 3. The molecule has 0 radical (unpaired) electrons. The van der Waals surface area contributed by atoms with Gasteiger partial charge in [-0.3, -0.25) is 0 Å². The van der Waals surface area contributed by atoms with E-state index in [4.69, 9.17) is 10.2 Å². The molecule has 0 spiro atoms. The highest BCUT2D eigenvalue weighted by molar-refractivity contribution is 8.00. The van der Waals surface area contributed by atoms with Crippen molar-refractivity contribution in [1.29, 1.82) is 0 Å². The van der Waals surface area contributed by atoms with E-state index in [2.05, 4.69) is 0 Å². The Balaban J connectivity index is 2.44. The third kappa shape index (κ3) is 0.989. The lowest BCUT2D eigenvalue weighted by Crippen LogP contribution is -2.27. The van der Waals surface area contributed by atoms with Gasteiger partial charge in [-0.2, -0.15) is 11.8 Å². The van der Waals surface area contributed by atoms with Crippen molar-refractivity contribution in [3.63, 3.8) is 0 Å². The summed E-state index contributed by atoms with van der Waals surface area (Å²) in [7, 11) is 0. The number of hydrogen-bond donors (Lipinski definition) is 2. The van der Waals surface area contributed by atoms with E-state index in [1.165, 1.54) is 0 Å². The first-order valence-corrected chi connectivity index (χ1v) is 3.74. The van der Waals surface area contributed by atoms with Gasteiger partial charge >= 0.3 is 0 Å². The maximum absolute atomic E-state index is 9.00. The standard InChI is InChI=1S/C5H10O2S/c1-3-5(7)4(6)2-8-3/h3-7H,2H2,1H3/t3-,4?,5?/m1/s1. The Bertz CT molecular complexity index is 76.5. The first-order chi connectivity index (χ1) is 3.72. The van der Waals surface area contributed by atoms with E-state index in [0.29, 0.717) is 5.75 Å². The molecule has 3 heteroatoms. The lowest BCUT2D eigenvalue weighted by Gasteiger charge is -2.08. The van der Waals surface area contributed by atoms with Gasteiger partial charge in [0.25, 0.3) is 0 Å². The highest BCUT2D eigenvalue weighted by atomic mass is 32.2. The van der Waals surface area contributed by atoms with Gasteiger partial charge in [-0.05, 0) is 0 Å². The zero-order valence-corrected chi connectivity index (χ0v) is 5.56. The molecule has 48 valence electrons. The molecule has 1 saturated heterocycles. The average Bonchev–Trinajstić information content (AvgIpc) is 1.98. The highest BCUT2D eigenvalue weighted by Gasteiger charge is 2.30. The highest BCUT2D eigenvalue weighted by Crippen LogP contribution is 2.25. The van der Waals surface area contributed by atoms with E-state index in [1.807, 2.05) is 6.92 Å². The van der Waals surface area contributed by atoms with Crippen LogP contribution in [0.1, 0.15) is 6.92 Å². The molecule has 1 aliphatic heterocycles. The Morgan fingerprint density at radius 1 is 1.50 bits per heavy atom. The number of thioether (sulfide) groups is 1. The summed E-state index contributed by atoms with van der Waals surface area (Å²) in [6, 6.07) is 0. The van der Waals surface area contributed by atoms with Gasteiger partial charge in [0.15, 0.2) is 0 Å². The maximum Gasteiger partial charge on any atom is 0.0922 e. The summed E-state index contributed by atoms with van der Waals surface area (Å²) in [5.74, 6) is 0.683. The third-order valence-corrected chi connectivity index (χ3v) is 2.74. The zero-order valence-electron chi connectivity index (χ0n) is 4.74. The molecule has 0 saturated carbocycles. The lowest BCUT2D eigenvalue weighted by molar-refractivity contribution is 0.0445. The van der Waals surface area contributed by atoms with Crippen molar-refractivity contribution < 1.29 is 10.2 Å². The summed E-state index contributed by atoms with van der Waals surface area (Å²) >= 11 is 1.61. The van der Waals surface area contributed by atoms with Gasteiger partial charge < -0.3 is 10.2 Å². The molecule has 1 heterocycles. The fourth-order valence-corrected chi connectivity index (χ4v) is 1.84. The van der Waals surface area contributed by atoms with Crippen molar-refractivity contribution in [2.75, 3.05) is 5.75 Å². The molecule has 1 aliphatic rings. The van der Waals surface area contributed by atoms with Gasteiger partial charge in [-0.1, -0.05) is 6.92 Å². The largest absolute Gasteiger partial charge is 0.390 e. The predicted molar refractivity (Wildman–Crippen MR) is 33.9 cm³/mol. The van der Waals surface area contributed by atoms with Crippen molar-refractivity contribution in [2.24, 2.45) is 0 Å². The summed E-state index contributed by atoms with van der Waals surface area (Å²) in [5.41, 5.74) is 0. The van der Waals surface area contributed by atoms with Crippen molar-refractivity contribution in [3.05, 3.63) is 0 Å². The molecule has 1 fully saturated rings. The SMILES string of the molecule is C[C@H]1SCC(O)C1O. The van der Waals surface area contributed by atoms with Crippen LogP contribution in [0.4, 0.5) is 0 Å². The summed E-state index contributed by atoms with van der Waals surface area (Å²) in [6.45, 7) is 1.92. The molecule has 0 aromatic heterocycles. The second-order valence-electron chi connectivity index (χ2n) is 2.10. The second-order valence-corrected chi connectivity index (χ2v) is 3.51. The normalized spacial score (nSPS) is 47.6. The first-order valence-electron chi connectivity index (χ1n) is 2.69. The average molecular weight is 134 g/mol. The Morgan fingerprint density at radius 3 is 2.25 bits per heavy atom. The molecule has 0 aliphatic carbocycles.